The molecule has 0 aliphatic heterocycles. The lowest BCUT2D eigenvalue weighted by Gasteiger charge is -2.04. The second-order valence-corrected chi connectivity index (χ2v) is 4.33. The third-order valence-corrected chi connectivity index (χ3v) is 2.87. The third kappa shape index (κ3) is 3.22. The van der Waals surface area contributed by atoms with Crippen molar-refractivity contribution in [2.24, 2.45) is 0 Å². The molecule has 0 saturated carbocycles. The lowest BCUT2D eigenvalue weighted by molar-refractivity contribution is -0.385. The number of halogens is 1. The van der Waals surface area contributed by atoms with E-state index in [0.29, 0.717) is 11.5 Å². The first kappa shape index (κ1) is 15.5. The predicted molar refractivity (Wildman–Crippen MR) is 72.2 cm³/mol. The van der Waals surface area contributed by atoms with E-state index in [1.54, 1.807) is 6.92 Å². The minimum Gasteiger partial charge on any atom is -0.483 e. The zero-order valence-corrected chi connectivity index (χ0v) is 11.8. The fourth-order valence-electron chi connectivity index (χ4n) is 1.80. The number of nitro benzene ring substituents is 1. The summed E-state index contributed by atoms with van der Waals surface area (Å²) in [7, 11) is 1.25. The SMILES string of the molecule is COC(=O)c1cc(COc2ccc([N+](=O)[O-])cc2F)oc1C. The Morgan fingerprint density at radius 1 is 1.41 bits per heavy atom. The molecule has 1 aromatic carbocycles. The number of nitro groups is 1. The van der Waals surface area contributed by atoms with Crippen LogP contribution >= 0.6 is 0 Å². The summed E-state index contributed by atoms with van der Waals surface area (Å²) in [6, 6.07) is 4.49. The Balaban J connectivity index is 2.10. The van der Waals surface area contributed by atoms with Gasteiger partial charge in [0.05, 0.1) is 18.1 Å². The maximum absolute atomic E-state index is 13.6. The molecule has 0 unspecified atom stereocenters. The summed E-state index contributed by atoms with van der Waals surface area (Å²) in [6.45, 7) is 1.45. The Labute approximate surface area is 124 Å². The number of hydrogen-bond donors (Lipinski definition) is 0. The molecule has 0 N–H and O–H groups in total. The van der Waals surface area contributed by atoms with Gasteiger partial charge in [-0.05, 0) is 19.1 Å². The highest BCUT2D eigenvalue weighted by Gasteiger charge is 2.17. The Hall–Kier alpha value is -2.90. The molecule has 0 saturated heterocycles. The topological polar surface area (TPSA) is 91.8 Å². The number of methoxy groups -OCH3 is 1. The molecular weight excluding hydrogens is 297 g/mol. The number of ether oxygens (including phenoxy) is 2. The molecule has 0 aliphatic carbocycles. The van der Waals surface area contributed by atoms with Crippen molar-refractivity contribution in [2.45, 2.75) is 13.5 Å². The van der Waals surface area contributed by atoms with Crippen molar-refractivity contribution in [1.82, 2.24) is 0 Å². The lowest BCUT2D eigenvalue weighted by Crippen LogP contribution is -2.01. The average Bonchev–Trinajstić information content (AvgIpc) is 2.86. The molecule has 0 radical (unpaired) electrons. The highest BCUT2D eigenvalue weighted by molar-refractivity contribution is 5.90. The number of aryl methyl sites for hydroxylation is 1. The van der Waals surface area contributed by atoms with E-state index >= 15 is 0 Å². The summed E-state index contributed by atoms with van der Waals surface area (Å²) in [4.78, 5) is 21.2. The van der Waals surface area contributed by atoms with Gasteiger partial charge in [-0.1, -0.05) is 0 Å². The van der Waals surface area contributed by atoms with Gasteiger partial charge < -0.3 is 13.9 Å². The van der Waals surface area contributed by atoms with E-state index in [0.717, 1.165) is 18.2 Å². The molecule has 0 fully saturated rings. The normalized spacial score (nSPS) is 10.3. The van der Waals surface area contributed by atoms with Crippen LogP contribution in [0.3, 0.4) is 0 Å². The van der Waals surface area contributed by atoms with Crippen LogP contribution in [0.4, 0.5) is 10.1 Å². The van der Waals surface area contributed by atoms with E-state index in [2.05, 4.69) is 4.74 Å². The van der Waals surface area contributed by atoms with Gasteiger partial charge in [0.2, 0.25) is 0 Å². The molecular formula is C14H12FNO6. The van der Waals surface area contributed by atoms with Crippen LogP contribution in [0.25, 0.3) is 0 Å². The molecule has 2 aromatic rings. The second-order valence-electron chi connectivity index (χ2n) is 4.33. The quantitative estimate of drug-likeness (QED) is 0.479. The van der Waals surface area contributed by atoms with Gasteiger partial charge in [0.25, 0.3) is 5.69 Å². The summed E-state index contributed by atoms with van der Waals surface area (Å²) in [5.74, 6) is -0.899. The number of esters is 1. The Morgan fingerprint density at radius 3 is 2.73 bits per heavy atom. The van der Waals surface area contributed by atoms with E-state index in [4.69, 9.17) is 9.15 Å². The predicted octanol–water partition coefficient (Wildman–Crippen LogP) is 3.00. The van der Waals surface area contributed by atoms with Crippen molar-refractivity contribution < 1.29 is 28.0 Å². The van der Waals surface area contributed by atoms with Crippen LogP contribution in [-0.2, 0) is 11.3 Å². The van der Waals surface area contributed by atoms with Crippen molar-refractivity contribution >= 4 is 11.7 Å². The Kier molecular flexibility index (Phi) is 4.40. The molecule has 2 rings (SSSR count). The van der Waals surface area contributed by atoms with Crippen LogP contribution in [0, 0.1) is 22.9 Å². The van der Waals surface area contributed by atoms with Gasteiger partial charge in [0, 0.05) is 6.07 Å². The van der Waals surface area contributed by atoms with Crippen LogP contribution in [-0.4, -0.2) is 18.0 Å². The number of benzene rings is 1. The second kappa shape index (κ2) is 6.25. The van der Waals surface area contributed by atoms with E-state index in [1.165, 1.54) is 13.2 Å². The highest BCUT2D eigenvalue weighted by Crippen LogP contribution is 2.24. The minimum absolute atomic E-state index is 0.132. The third-order valence-electron chi connectivity index (χ3n) is 2.87. The summed E-state index contributed by atoms with van der Waals surface area (Å²) in [6.07, 6.45) is 0. The highest BCUT2D eigenvalue weighted by atomic mass is 19.1. The number of carbonyl (C=O) groups excluding carboxylic acids is 1. The zero-order chi connectivity index (χ0) is 16.3. The molecule has 0 bridgehead atoms. The van der Waals surface area contributed by atoms with E-state index in [1.807, 2.05) is 0 Å². The molecule has 8 heteroatoms. The molecule has 7 nitrogen and oxygen atoms in total. The standard InChI is InChI=1S/C14H12FNO6/c1-8-11(14(17)20-2)6-10(22-8)7-21-13-4-3-9(16(18)19)5-12(13)15/h3-6H,7H2,1-2H3. The molecule has 0 spiro atoms. The molecule has 0 amide bonds. The first-order valence-corrected chi connectivity index (χ1v) is 6.16. The van der Waals surface area contributed by atoms with Crippen LogP contribution in [0.1, 0.15) is 21.9 Å². The van der Waals surface area contributed by atoms with Gasteiger partial charge >= 0.3 is 5.97 Å². The maximum atomic E-state index is 13.6. The first-order chi connectivity index (χ1) is 10.4. The zero-order valence-electron chi connectivity index (χ0n) is 11.8. The van der Waals surface area contributed by atoms with Crippen molar-refractivity contribution in [3.8, 4) is 5.75 Å². The van der Waals surface area contributed by atoms with Crippen LogP contribution in [0.15, 0.2) is 28.7 Å². The molecule has 1 heterocycles. The smallest absolute Gasteiger partial charge is 0.341 e. The number of nitrogens with zero attached hydrogens (tertiary/aromatic N) is 1. The molecule has 0 atom stereocenters. The number of rotatable bonds is 5. The van der Waals surface area contributed by atoms with Crippen molar-refractivity contribution in [3.05, 3.63) is 57.3 Å². The van der Waals surface area contributed by atoms with Gasteiger partial charge in [0.15, 0.2) is 11.6 Å². The summed E-state index contributed by atoms with van der Waals surface area (Å²) in [5.41, 5.74) is -0.114. The largest absolute Gasteiger partial charge is 0.483 e. The van der Waals surface area contributed by atoms with Gasteiger partial charge in [0.1, 0.15) is 23.7 Å². The van der Waals surface area contributed by atoms with E-state index in [9.17, 15) is 19.3 Å². The average molecular weight is 309 g/mol. The molecule has 1 aromatic heterocycles. The monoisotopic (exact) mass is 309 g/mol. The summed E-state index contributed by atoms with van der Waals surface area (Å²) < 4.78 is 28.7. The first-order valence-electron chi connectivity index (χ1n) is 6.16. The van der Waals surface area contributed by atoms with Crippen molar-refractivity contribution in [3.63, 3.8) is 0 Å². The number of furan rings is 1. The van der Waals surface area contributed by atoms with Gasteiger partial charge in [-0.15, -0.1) is 0 Å². The summed E-state index contributed by atoms with van der Waals surface area (Å²) in [5, 5.41) is 10.5. The van der Waals surface area contributed by atoms with Crippen LogP contribution in [0.5, 0.6) is 5.75 Å². The van der Waals surface area contributed by atoms with Gasteiger partial charge in [-0.2, -0.15) is 0 Å². The molecule has 22 heavy (non-hydrogen) atoms. The fourth-order valence-corrected chi connectivity index (χ4v) is 1.80. The Bertz CT molecular complexity index is 724. The number of hydrogen-bond acceptors (Lipinski definition) is 6. The van der Waals surface area contributed by atoms with Crippen molar-refractivity contribution in [2.75, 3.05) is 7.11 Å². The van der Waals surface area contributed by atoms with Gasteiger partial charge in [-0.25, -0.2) is 9.18 Å². The maximum Gasteiger partial charge on any atom is 0.341 e. The summed E-state index contributed by atoms with van der Waals surface area (Å²) >= 11 is 0. The molecule has 0 aliphatic rings. The minimum atomic E-state index is -0.856. The number of non-ortho nitro benzene ring substituents is 1. The fraction of sp³-hybridized carbons (Fsp3) is 0.214. The lowest BCUT2D eigenvalue weighted by atomic mass is 10.2. The van der Waals surface area contributed by atoms with Crippen LogP contribution in [0.2, 0.25) is 0 Å². The van der Waals surface area contributed by atoms with Gasteiger partial charge in [-0.3, -0.25) is 10.1 Å². The Morgan fingerprint density at radius 2 is 2.14 bits per heavy atom. The van der Waals surface area contributed by atoms with E-state index < -0.39 is 16.7 Å². The van der Waals surface area contributed by atoms with Crippen LogP contribution < -0.4 is 4.74 Å². The van der Waals surface area contributed by atoms with Crippen molar-refractivity contribution in [1.29, 1.82) is 0 Å². The molecule has 116 valence electrons. The number of carbonyl (C=O) groups is 1. The van der Waals surface area contributed by atoms with E-state index in [-0.39, 0.29) is 23.6 Å².